The molecule has 0 aliphatic rings. The molecule has 0 fully saturated rings. The van der Waals surface area contributed by atoms with Crippen molar-refractivity contribution in [1.82, 2.24) is 0 Å². The summed E-state index contributed by atoms with van der Waals surface area (Å²) in [5.41, 5.74) is 0. The highest BCUT2D eigenvalue weighted by Crippen LogP contribution is 2.18. The molecule has 0 aromatic carbocycles. The number of carboxylic acids is 2. The van der Waals surface area contributed by atoms with Crippen molar-refractivity contribution < 1.29 is 57.9 Å². The smallest absolute Gasteiger partial charge is 0.306 e. The van der Waals surface area contributed by atoms with Gasteiger partial charge in [-0.1, -0.05) is 90.9 Å². The van der Waals surface area contributed by atoms with Crippen LogP contribution in [0.4, 0.5) is 0 Å². The van der Waals surface area contributed by atoms with Gasteiger partial charge in [0.15, 0.2) is 11.6 Å². The predicted octanol–water partition coefficient (Wildman–Crippen LogP) is 7.74. The van der Waals surface area contributed by atoms with Gasteiger partial charge in [-0.3, -0.25) is 28.8 Å². The Hall–Kier alpha value is -2.54. The molecule has 308 valence electrons. The molecule has 1 atom stereocenters. The zero-order valence-corrected chi connectivity index (χ0v) is 33.1. The lowest BCUT2D eigenvalue weighted by Crippen LogP contribution is -2.19. The Morgan fingerprint density at radius 3 is 1.32 bits per heavy atom. The Labute approximate surface area is 318 Å². The number of ether oxygens (including phenoxy) is 4. The largest absolute Gasteiger partial charge is 0.481 e. The molecule has 0 radical (unpaired) electrons. The first-order valence-electron chi connectivity index (χ1n) is 20.4. The average molecular weight is 757 g/mol. The molecule has 0 saturated carbocycles. The molecule has 0 spiro atoms. The normalized spacial score (nSPS) is 11.9. The fraction of sp³-hybridized carbons (Fsp3) is 0.854. The number of unbranched alkanes of at least 4 members (excludes halogenated alkanes) is 13. The lowest BCUT2D eigenvalue weighted by atomic mass is 9.93. The Kier molecular flexibility index (Phi) is 34.7. The van der Waals surface area contributed by atoms with Gasteiger partial charge in [-0.15, -0.1) is 0 Å². The summed E-state index contributed by atoms with van der Waals surface area (Å²) < 4.78 is 21.5. The van der Waals surface area contributed by atoms with E-state index in [9.17, 15) is 33.9 Å². The van der Waals surface area contributed by atoms with Gasteiger partial charge < -0.3 is 29.2 Å². The van der Waals surface area contributed by atoms with Crippen molar-refractivity contribution >= 4 is 35.1 Å². The Balaban J connectivity index is 3.66. The molecule has 12 nitrogen and oxygen atoms in total. The molecule has 0 bridgehead atoms. The molecule has 0 aliphatic carbocycles. The molecule has 12 heteroatoms. The van der Waals surface area contributed by atoms with Gasteiger partial charge in [0.1, 0.15) is 24.8 Å². The van der Waals surface area contributed by atoms with Crippen LogP contribution in [0, 0.1) is 11.8 Å². The van der Waals surface area contributed by atoms with E-state index in [4.69, 9.17) is 24.1 Å². The van der Waals surface area contributed by atoms with Crippen LogP contribution in [0.25, 0.3) is 0 Å². The van der Waals surface area contributed by atoms with Gasteiger partial charge in [0.05, 0.1) is 32.3 Å². The summed E-state index contributed by atoms with van der Waals surface area (Å²) in [5, 5.41) is 18.2. The first-order chi connectivity index (χ1) is 25.5. The van der Waals surface area contributed by atoms with Gasteiger partial charge in [-0.25, -0.2) is 0 Å². The van der Waals surface area contributed by atoms with Crippen LogP contribution in [0.15, 0.2) is 0 Å². The number of carboxylic acid groups (broad SMARTS) is 2. The highest BCUT2D eigenvalue weighted by atomic mass is 16.5. The minimum Gasteiger partial charge on any atom is -0.481 e. The van der Waals surface area contributed by atoms with Gasteiger partial charge in [0.25, 0.3) is 0 Å². The Morgan fingerprint density at radius 1 is 0.434 bits per heavy atom. The van der Waals surface area contributed by atoms with Crippen molar-refractivity contribution in [3.8, 4) is 0 Å². The van der Waals surface area contributed by atoms with E-state index in [0.29, 0.717) is 58.7 Å². The fourth-order valence-corrected chi connectivity index (χ4v) is 5.65. The van der Waals surface area contributed by atoms with E-state index in [-0.39, 0.29) is 81.0 Å². The maximum atomic E-state index is 12.4. The summed E-state index contributed by atoms with van der Waals surface area (Å²) in [6, 6.07) is 0. The third-order valence-corrected chi connectivity index (χ3v) is 9.08. The summed E-state index contributed by atoms with van der Waals surface area (Å²) in [6.07, 6.45) is 18.1. The third kappa shape index (κ3) is 36.2. The number of rotatable bonds is 42. The van der Waals surface area contributed by atoms with Crippen LogP contribution in [-0.4, -0.2) is 98.1 Å². The number of hydrogen-bond donors (Lipinski definition) is 2. The molecular weight excluding hydrogens is 684 g/mol. The molecule has 0 aromatic rings. The lowest BCUT2D eigenvalue weighted by Gasteiger charge is -2.11. The zero-order chi connectivity index (χ0) is 39.4. The maximum Gasteiger partial charge on any atom is 0.306 e. The van der Waals surface area contributed by atoms with E-state index in [2.05, 4.69) is 0 Å². The van der Waals surface area contributed by atoms with E-state index in [1.165, 1.54) is 44.9 Å². The Morgan fingerprint density at radius 2 is 0.849 bits per heavy atom. The summed E-state index contributed by atoms with van der Waals surface area (Å²) in [6.45, 7) is 5.80. The monoisotopic (exact) mass is 757 g/mol. The van der Waals surface area contributed by atoms with Crippen molar-refractivity contribution in [1.29, 1.82) is 0 Å². The van der Waals surface area contributed by atoms with Crippen LogP contribution in [0.2, 0.25) is 0 Å². The number of ketones is 4. The molecule has 0 heterocycles. The van der Waals surface area contributed by atoms with Gasteiger partial charge in [-0.05, 0) is 32.1 Å². The van der Waals surface area contributed by atoms with Crippen LogP contribution in [0.1, 0.15) is 162 Å². The second kappa shape index (κ2) is 36.4. The van der Waals surface area contributed by atoms with Crippen LogP contribution in [0.5, 0.6) is 0 Å². The highest BCUT2D eigenvalue weighted by molar-refractivity contribution is 5.84. The summed E-state index contributed by atoms with van der Waals surface area (Å²) >= 11 is 0. The molecule has 2 N–H and O–H groups in total. The summed E-state index contributed by atoms with van der Waals surface area (Å²) in [5.74, 6) is -2.69. The van der Waals surface area contributed by atoms with Crippen molar-refractivity contribution in [2.75, 3.05) is 52.9 Å². The van der Waals surface area contributed by atoms with Crippen LogP contribution in [0.3, 0.4) is 0 Å². The topological polar surface area (TPSA) is 180 Å². The summed E-state index contributed by atoms with van der Waals surface area (Å²) in [4.78, 5) is 70.3. The average Bonchev–Trinajstić information content (AvgIpc) is 3.11. The van der Waals surface area contributed by atoms with Crippen molar-refractivity contribution in [2.24, 2.45) is 11.8 Å². The molecule has 53 heavy (non-hydrogen) atoms. The SMILES string of the molecule is CC(C)C(=O)COCCOCCCC(=O)COCCOCCCC(=O)CC[C@H](CC(=O)CCCCCCCCCCCCCCCCC(=O)O)C(=O)O. The predicted molar refractivity (Wildman–Crippen MR) is 203 cm³/mol. The number of Topliss-reactive ketones (excluding diaryl/α,β-unsaturated/α-hetero) is 4. The van der Waals surface area contributed by atoms with E-state index in [0.717, 1.165) is 44.9 Å². The van der Waals surface area contributed by atoms with Crippen molar-refractivity contribution in [2.45, 2.75) is 162 Å². The minimum atomic E-state index is -1.03. The van der Waals surface area contributed by atoms with Gasteiger partial charge in [0, 0.05) is 57.7 Å². The minimum absolute atomic E-state index is 0.000497. The summed E-state index contributed by atoms with van der Waals surface area (Å²) in [7, 11) is 0. The molecule has 0 aromatic heterocycles. The highest BCUT2D eigenvalue weighted by Gasteiger charge is 2.22. The molecule has 0 rings (SSSR count). The van der Waals surface area contributed by atoms with Crippen LogP contribution < -0.4 is 0 Å². The van der Waals surface area contributed by atoms with E-state index >= 15 is 0 Å². The van der Waals surface area contributed by atoms with E-state index in [1.54, 1.807) is 0 Å². The van der Waals surface area contributed by atoms with Gasteiger partial charge >= 0.3 is 11.9 Å². The van der Waals surface area contributed by atoms with Crippen LogP contribution >= 0.6 is 0 Å². The Bertz CT molecular complexity index is 980. The van der Waals surface area contributed by atoms with E-state index < -0.39 is 17.9 Å². The second-order valence-corrected chi connectivity index (χ2v) is 14.4. The van der Waals surface area contributed by atoms with Crippen molar-refractivity contribution in [3.63, 3.8) is 0 Å². The first kappa shape index (κ1) is 50.5. The molecule has 0 aliphatic heterocycles. The number of carbonyl (C=O) groups excluding carboxylic acids is 4. The molecular formula is C41H72O12. The van der Waals surface area contributed by atoms with Crippen molar-refractivity contribution in [3.05, 3.63) is 0 Å². The van der Waals surface area contributed by atoms with E-state index in [1.807, 2.05) is 13.8 Å². The number of carbonyl (C=O) groups is 6. The lowest BCUT2D eigenvalue weighted by molar-refractivity contribution is -0.144. The molecule has 0 unspecified atom stereocenters. The number of aliphatic carboxylic acids is 2. The van der Waals surface area contributed by atoms with Crippen LogP contribution in [-0.2, 0) is 47.7 Å². The maximum absolute atomic E-state index is 12.4. The quantitative estimate of drug-likeness (QED) is 0.0580. The second-order valence-electron chi connectivity index (χ2n) is 14.4. The van der Waals surface area contributed by atoms with Gasteiger partial charge in [-0.2, -0.15) is 0 Å². The number of hydrogen-bond acceptors (Lipinski definition) is 10. The zero-order valence-electron chi connectivity index (χ0n) is 33.1. The third-order valence-electron chi connectivity index (χ3n) is 9.08. The first-order valence-corrected chi connectivity index (χ1v) is 20.4. The molecule has 0 saturated heterocycles. The standard InChI is InChI=1S/C41H72O12/c1-34(2)39(45)33-53-30-28-51-26-18-21-38(44)32-52-29-27-50-25-17-20-36(42)24-23-35(41(48)49)31-37(43)19-15-13-11-9-7-5-3-4-6-8-10-12-14-16-22-40(46)47/h34-35H,3-33H2,1-2H3,(H,46,47)(H,48,49)/t35-/m1/s1. The van der Waals surface area contributed by atoms with Gasteiger partial charge in [0.2, 0.25) is 0 Å². The fourth-order valence-electron chi connectivity index (χ4n) is 5.65. The molecule has 0 amide bonds.